The van der Waals surface area contributed by atoms with E-state index in [4.69, 9.17) is 0 Å². The van der Waals surface area contributed by atoms with Crippen LogP contribution in [-0.4, -0.2) is 18.4 Å². The smallest absolute Gasteiger partial charge is 0.276 e. The molecule has 3 rings (SSSR count). The zero-order chi connectivity index (χ0) is 15.7. The van der Waals surface area contributed by atoms with Crippen LogP contribution in [-0.2, 0) is 10.0 Å². The topological polar surface area (TPSA) is 72.0 Å². The Morgan fingerprint density at radius 1 is 1.00 bits per heavy atom. The highest BCUT2D eigenvalue weighted by Gasteiger charge is 2.19. The van der Waals surface area contributed by atoms with Gasteiger partial charge in [-0.3, -0.25) is 9.71 Å². The predicted molar refractivity (Wildman–Crippen MR) is 86.3 cm³/mol. The molecular formula is C16H15N3O2S. The zero-order valence-electron chi connectivity index (χ0n) is 12.2. The molecule has 0 unspecified atom stereocenters. The maximum atomic E-state index is 12.5. The number of fused-ring (bicyclic) bond motifs is 1. The Balaban J connectivity index is 2.10. The van der Waals surface area contributed by atoms with E-state index in [9.17, 15) is 8.42 Å². The van der Waals surface area contributed by atoms with Gasteiger partial charge in [0.15, 0.2) is 5.03 Å². The van der Waals surface area contributed by atoms with Crippen molar-refractivity contribution in [1.82, 2.24) is 9.97 Å². The van der Waals surface area contributed by atoms with Crippen LogP contribution in [0.1, 0.15) is 11.3 Å². The van der Waals surface area contributed by atoms with Crippen molar-refractivity contribution in [2.24, 2.45) is 0 Å². The van der Waals surface area contributed by atoms with Crippen LogP contribution in [0.5, 0.6) is 0 Å². The highest BCUT2D eigenvalue weighted by atomic mass is 32.2. The lowest BCUT2D eigenvalue weighted by atomic mass is 10.2. The number of nitrogens with zero attached hydrogens (tertiary/aromatic N) is 2. The van der Waals surface area contributed by atoms with Gasteiger partial charge >= 0.3 is 0 Å². The molecule has 0 saturated heterocycles. The van der Waals surface area contributed by atoms with E-state index in [2.05, 4.69) is 14.7 Å². The summed E-state index contributed by atoms with van der Waals surface area (Å²) >= 11 is 0. The lowest BCUT2D eigenvalue weighted by Crippen LogP contribution is -2.16. The number of anilines is 1. The first-order valence-corrected chi connectivity index (χ1v) is 8.26. The summed E-state index contributed by atoms with van der Waals surface area (Å²) in [6.45, 7) is 3.58. The molecule has 1 N–H and O–H groups in total. The van der Waals surface area contributed by atoms with Gasteiger partial charge in [0.2, 0.25) is 0 Å². The van der Waals surface area contributed by atoms with Crippen molar-refractivity contribution in [3.05, 3.63) is 59.9 Å². The molecule has 0 aliphatic heterocycles. The van der Waals surface area contributed by atoms with Crippen molar-refractivity contribution in [3.8, 4) is 0 Å². The van der Waals surface area contributed by atoms with Gasteiger partial charge in [-0.25, -0.2) is 4.98 Å². The molecule has 0 saturated carbocycles. The fraction of sp³-hybridized carbons (Fsp3) is 0.125. The molecule has 22 heavy (non-hydrogen) atoms. The van der Waals surface area contributed by atoms with E-state index in [0.717, 1.165) is 11.1 Å². The molecule has 0 radical (unpaired) electrons. The van der Waals surface area contributed by atoms with Crippen LogP contribution in [0.4, 0.5) is 5.69 Å². The second kappa shape index (κ2) is 5.38. The molecule has 5 nitrogen and oxygen atoms in total. The lowest BCUT2D eigenvalue weighted by Gasteiger charge is -2.11. The second-order valence-electron chi connectivity index (χ2n) is 5.06. The molecule has 6 heteroatoms. The number of hydrogen-bond donors (Lipinski definition) is 1. The molecule has 0 bridgehead atoms. The third-order valence-electron chi connectivity index (χ3n) is 3.32. The molecule has 0 spiro atoms. The van der Waals surface area contributed by atoms with Gasteiger partial charge in [-0.05, 0) is 37.6 Å². The van der Waals surface area contributed by atoms with E-state index in [1.807, 2.05) is 25.1 Å². The molecule has 0 atom stereocenters. The van der Waals surface area contributed by atoms with Gasteiger partial charge in [-0.1, -0.05) is 24.3 Å². The first-order valence-electron chi connectivity index (χ1n) is 6.78. The summed E-state index contributed by atoms with van der Waals surface area (Å²) in [6.07, 6.45) is 1.47. The average molecular weight is 313 g/mol. The van der Waals surface area contributed by atoms with Crippen LogP contribution in [0.25, 0.3) is 10.9 Å². The van der Waals surface area contributed by atoms with Gasteiger partial charge in [0, 0.05) is 17.3 Å². The van der Waals surface area contributed by atoms with Crippen LogP contribution < -0.4 is 4.72 Å². The maximum Gasteiger partial charge on any atom is 0.279 e. The fourth-order valence-corrected chi connectivity index (χ4v) is 3.52. The second-order valence-corrected chi connectivity index (χ2v) is 6.66. The Bertz CT molecular complexity index is 953. The largest absolute Gasteiger partial charge is 0.279 e. The van der Waals surface area contributed by atoms with Crippen molar-refractivity contribution in [2.75, 3.05) is 4.72 Å². The normalized spacial score (nSPS) is 11.5. The Morgan fingerprint density at radius 3 is 2.59 bits per heavy atom. The summed E-state index contributed by atoms with van der Waals surface area (Å²) in [5, 5.41) is 0.906. The van der Waals surface area contributed by atoms with Crippen LogP contribution in [0, 0.1) is 13.8 Å². The number of sulfonamides is 1. The summed E-state index contributed by atoms with van der Waals surface area (Å²) in [4.78, 5) is 8.40. The number of aryl methyl sites for hydroxylation is 2. The molecular weight excluding hydrogens is 298 g/mol. The highest BCUT2D eigenvalue weighted by molar-refractivity contribution is 7.92. The lowest BCUT2D eigenvalue weighted by molar-refractivity contribution is 0.597. The Kier molecular flexibility index (Phi) is 3.54. The first kappa shape index (κ1) is 14.5. The molecule has 0 amide bonds. The molecule has 0 fully saturated rings. The number of rotatable bonds is 3. The standard InChI is InChI=1S/C16H15N3O2S/c1-11-5-4-10-17-16(11)22(20,21)19-14-7-3-6-13-9-8-12(2)18-15(13)14/h3-10,19H,1-2H3. The van der Waals surface area contributed by atoms with Gasteiger partial charge < -0.3 is 0 Å². The van der Waals surface area contributed by atoms with E-state index in [-0.39, 0.29) is 5.03 Å². The average Bonchev–Trinajstić information content (AvgIpc) is 2.48. The van der Waals surface area contributed by atoms with Crippen molar-refractivity contribution >= 4 is 26.6 Å². The number of para-hydroxylation sites is 1. The summed E-state index contributed by atoms with van der Waals surface area (Å²) in [7, 11) is -3.75. The Morgan fingerprint density at radius 2 is 1.82 bits per heavy atom. The third-order valence-corrected chi connectivity index (χ3v) is 4.74. The van der Waals surface area contributed by atoms with E-state index >= 15 is 0 Å². The van der Waals surface area contributed by atoms with Crippen LogP contribution in [0.2, 0.25) is 0 Å². The highest BCUT2D eigenvalue weighted by Crippen LogP contribution is 2.24. The first-order chi connectivity index (χ1) is 10.5. The van der Waals surface area contributed by atoms with Crippen LogP contribution in [0.15, 0.2) is 53.7 Å². The Hall–Kier alpha value is -2.47. The quantitative estimate of drug-likeness (QED) is 0.806. The number of nitrogens with one attached hydrogen (secondary N) is 1. The van der Waals surface area contributed by atoms with E-state index < -0.39 is 10.0 Å². The molecule has 1 aromatic carbocycles. The summed E-state index contributed by atoms with van der Waals surface area (Å²) in [5.41, 5.74) is 2.50. The van der Waals surface area contributed by atoms with Gasteiger partial charge in [0.05, 0.1) is 11.2 Å². The summed E-state index contributed by atoms with van der Waals surface area (Å²) in [5.74, 6) is 0. The fourth-order valence-electron chi connectivity index (χ4n) is 2.27. The number of hydrogen-bond acceptors (Lipinski definition) is 4. The van der Waals surface area contributed by atoms with Gasteiger partial charge in [-0.15, -0.1) is 0 Å². The molecule has 2 heterocycles. The summed E-state index contributed by atoms with van der Waals surface area (Å²) < 4.78 is 27.7. The minimum Gasteiger partial charge on any atom is -0.276 e. The van der Waals surface area contributed by atoms with Crippen molar-refractivity contribution < 1.29 is 8.42 Å². The monoisotopic (exact) mass is 313 g/mol. The molecule has 112 valence electrons. The van der Waals surface area contributed by atoms with Gasteiger partial charge in [0.25, 0.3) is 10.0 Å². The number of aromatic nitrogens is 2. The Labute approximate surface area is 129 Å². The molecule has 2 aromatic heterocycles. The molecule has 3 aromatic rings. The molecule has 0 aliphatic rings. The van der Waals surface area contributed by atoms with Gasteiger partial charge in [0.1, 0.15) is 0 Å². The van der Waals surface area contributed by atoms with Crippen molar-refractivity contribution in [3.63, 3.8) is 0 Å². The van der Waals surface area contributed by atoms with Crippen molar-refractivity contribution in [2.45, 2.75) is 18.9 Å². The van der Waals surface area contributed by atoms with Crippen LogP contribution in [0.3, 0.4) is 0 Å². The van der Waals surface area contributed by atoms with Crippen molar-refractivity contribution in [1.29, 1.82) is 0 Å². The SMILES string of the molecule is Cc1ccc2cccc(NS(=O)(=O)c3ncccc3C)c2n1. The summed E-state index contributed by atoms with van der Waals surface area (Å²) in [6, 6.07) is 12.6. The maximum absolute atomic E-state index is 12.5. The van der Waals surface area contributed by atoms with Crippen LogP contribution >= 0.6 is 0 Å². The number of pyridine rings is 2. The zero-order valence-corrected chi connectivity index (χ0v) is 13.1. The van der Waals surface area contributed by atoms with Gasteiger partial charge in [-0.2, -0.15) is 8.42 Å². The van der Waals surface area contributed by atoms with E-state index in [1.165, 1.54) is 6.20 Å². The number of benzene rings is 1. The predicted octanol–water partition coefficient (Wildman–Crippen LogP) is 3.05. The minimum absolute atomic E-state index is 0.0275. The minimum atomic E-state index is -3.75. The van der Waals surface area contributed by atoms with E-state index in [1.54, 1.807) is 31.2 Å². The third kappa shape index (κ3) is 2.65. The van der Waals surface area contributed by atoms with E-state index in [0.29, 0.717) is 16.8 Å². The molecule has 0 aliphatic carbocycles.